The van der Waals surface area contributed by atoms with E-state index in [-0.39, 0.29) is 5.75 Å². The standard InChI is InChI=1S/C18H19NO4/c1-23-18(22)16(11-10-13-6-3-2-4-7-13)19-17(21)14-8-5-9-15(20)12-14/h2-9,12,16,20H,10-11H2,1H3,(H,19,21)/t16-/m1/s1. The first-order valence-electron chi connectivity index (χ1n) is 7.32. The SMILES string of the molecule is COC(=O)[C@@H](CCc1ccccc1)NC(=O)c1cccc(O)c1. The average Bonchev–Trinajstić information content (AvgIpc) is 2.58. The monoisotopic (exact) mass is 313 g/mol. The van der Waals surface area contributed by atoms with Crippen molar-refractivity contribution in [2.24, 2.45) is 0 Å². The summed E-state index contributed by atoms with van der Waals surface area (Å²) < 4.78 is 4.76. The number of aromatic hydroxyl groups is 1. The summed E-state index contributed by atoms with van der Waals surface area (Å²) in [7, 11) is 1.29. The van der Waals surface area contributed by atoms with Gasteiger partial charge in [-0.2, -0.15) is 0 Å². The van der Waals surface area contributed by atoms with Crippen molar-refractivity contribution < 1.29 is 19.4 Å². The molecule has 0 aliphatic heterocycles. The lowest BCUT2D eigenvalue weighted by molar-refractivity contribution is -0.143. The summed E-state index contributed by atoms with van der Waals surface area (Å²) in [6, 6.07) is 14.9. The molecule has 2 aromatic rings. The number of aryl methyl sites for hydroxylation is 1. The lowest BCUT2D eigenvalue weighted by Crippen LogP contribution is -2.41. The Morgan fingerprint density at radius 1 is 1.13 bits per heavy atom. The highest BCUT2D eigenvalue weighted by Crippen LogP contribution is 2.12. The van der Waals surface area contributed by atoms with E-state index >= 15 is 0 Å². The van der Waals surface area contributed by atoms with E-state index in [1.165, 1.54) is 19.2 Å². The van der Waals surface area contributed by atoms with Crippen molar-refractivity contribution >= 4 is 11.9 Å². The van der Waals surface area contributed by atoms with Crippen LogP contribution in [0.3, 0.4) is 0 Å². The van der Waals surface area contributed by atoms with Crippen LogP contribution >= 0.6 is 0 Å². The first kappa shape index (κ1) is 16.5. The predicted octanol–water partition coefficient (Wildman–Crippen LogP) is 2.30. The fourth-order valence-corrected chi connectivity index (χ4v) is 2.24. The number of esters is 1. The molecule has 2 rings (SSSR count). The Hall–Kier alpha value is -2.82. The summed E-state index contributed by atoms with van der Waals surface area (Å²) in [5.74, 6) is -0.921. The van der Waals surface area contributed by atoms with Crippen LogP contribution in [0.4, 0.5) is 0 Å². The molecule has 2 N–H and O–H groups in total. The first-order chi connectivity index (χ1) is 11.1. The first-order valence-corrected chi connectivity index (χ1v) is 7.32. The zero-order valence-electron chi connectivity index (χ0n) is 12.9. The quantitative estimate of drug-likeness (QED) is 0.802. The maximum atomic E-state index is 12.2. The van der Waals surface area contributed by atoms with E-state index in [1.54, 1.807) is 12.1 Å². The minimum Gasteiger partial charge on any atom is -0.508 e. The molecule has 0 saturated carbocycles. The number of phenolic OH excluding ortho intramolecular Hbond substituents is 1. The zero-order chi connectivity index (χ0) is 16.7. The van der Waals surface area contributed by atoms with Crippen molar-refractivity contribution in [3.8, 4) is 5.75 Å². The van der Waals surface area contributed by atoms with Crippen LogP contribution in [0.15, 0.2) is 54.6 Å². The number of benzene rings is 2. The minimum absolute atomic E-state index is 0.00319. The van der Waals surface area contributed by atoms with Crippen LogP contribution in [0.1, 0.15) is 22.3 Å². The lowest BCUT2D eigenvalue weighted by Gasteiger charge is -2.16. The molecule has 0 radical (unpaired) electrons. The number of phenols is 1. The van der Waals surface area contributed by atoms with Gasteiger partial charge in [-0.25, -0.2) is 4.79 Å². The molecule has 0 heterocycles. The highest BCUT2D eigenvalue weighted by atomic mass is 16.5. The van der Waals surface area contributed by atoms with Gasteiger partial charge in [-0.3, -0.25) is 4.79 Å². The molecular weight excluding hydrogens is 294 g/mol. The molecule has 2 aromatic carbocycles. The Labute approximate surface area is 134 Å². The number of carbonyl (C=O) groups excluding carboxylic acids is 2. The van der Waals surface area contributed by atoms with Crippen molar-refractivity contribution in [2.75, 3.05) is 7.11 Å². The van der Waals surface area contributed by atoms with Crippen LogP contribution < -0.4 is 5.32 Å². The van der Waals surface area contributed by atoms with Gasteiger partial charge in [0.05, 0.1) is 7.11 Å². The molecule has 5 heteroatoms. The third-order valence-electron chi connectivity index (χ3n) is 3.46. The molecule has 0 spiro atoms. The molecule has 5 nitrogen and oxygen atoms in total. The fourth-order valence-electron chi connectivity index (χ4n) is 2.24. The maximum Gasteiger partial charge on any atom is 0.328 e. The van der Waals surface area contributed by atoms with Crippen molar-refractivity contribution in [3.63, 3.8) is 0 Å². The third-order valence-corrected chi connectivity index (χ3v) is 3.46. The number of amides is 1. The molecular formula is C18H19NO4. The number of rotatable bonds is 6. The summed E-state index contributed by atoms with van der Waals surface area (Å²) in [4.78, 5) is 24.1. The van der Waals surface area contributed by atoms with Gasteiger partial charge in [-0.1, -0.05) is 36.4 Å². The van der Waals surface area contributed by atoms with Crippen LogP contribution in [0.25, 0.3) is 0 Å². The normalized spacial score (nSPS) is 11.5. The van der Waals surface area contributed by atoms with Crippen molar-refractivity contribution in [2.45, 2.75) is 18.9 Å². The number of ether oxygens (including phenoxy) is 1. The Bertz CT molecular complexity index is 670. The van der Waals surface area contributed by atoms with Crippen LogP contribution in [-0.4, -0.2) is 30.1 Å². The second-order valence-corrected chi connectivity index (χ2v) is 5.12. The maximum absolute atomic E-state index is 12.2. The van der Waals surface area contributed by atoms with Crippen LogP contribution in [0.5, 0.6) is 5.75 Å². The molecule has 0 aliphatic rings. The summed E-state index contributed by atoms with van der Waals surface area (Å²) in [5.41, 5.74) is 1.37. The highest BCUT2D eigenvalue weighted by Gasteiger charge is 2.22. The van der Waals surface area contributed by atoms with Crippen molar-refractivity contribution in [3.05, 3.63) is 65.7 Å². The largest absolute Gasteiger partial charge is 0.508 e. The lowest BCUT2D eigenvalue weighted by atomic mass is 10.0. The van der Waals surface area contributed by atoms with E-state index in [2.05, 4.69) is 5.32 Å². The molecule has 1 amide bonds. The Morgan fingerprint density at radius 2 is 1.87 bits per heavy atom. The third kappa shape index (κ3) is 4.85. The van der Waals surface area contributed by atoms with Gasteiger partial charge in [-0.15, -0.1) is 0 Å². The molecule has 0 bridgehead atoms. The van der Waals surface area contributed by atoms with Crippen LogP contribution in [0.2, 0.25) is 0 Å². The van der Waals surface area contributed by atoms with Gasteiger partial charge in [0, 0.05) is 5.56 Å². The Morgan fingerprint density at radius 3 is 2.52 bits per heavy atom. The second kappa shape index (κ2) is 7.98. The van der Waals surface area contributed by atoms with Gasteiger partial charge in [-0.05, 0) is 36.6 Å². The Balaban J connectivity index is 2.03. The molecule has 0 saturated heterocycles. The van der Waals surface area contributed by atoms with Gasteiger partial charge in [0.15, 0.2) is 0 Å². The highest BCUT2D eigenvalue weighted by molar-refractivity contribution is 5.97. The number of methoxy groups -OCH3 is 1. The van der Waals surface area contributed by atoms with Crippen molar-refractivity contribution in [1.82, 2.24) is 5.32 Å². The Kier molecular flexibility index (Phi) is 5.74. The topological polar surface area (TPSA) is 75.6 Å². The number of hydrogen-bond donors (Lipinski definition) is 2. The van der Waals surface area contributed by atoms with Crippen molar-refractivity contribution in [1.29, 1.82) is 0 Å². The predicted molar refractivity (Wildman–Crippen MR) is 86.1 cm³/mol. The van der Waals surface area contributed by atoms with Crippen LogP contribution in [-0.2, 0) is 16.0 Å². The zero-order valence-corrected chi connectivity index (χ0v) is 12.9. The molecule has 0 aromatic heterocycles. The minimum atomic E-state index is -0.741. The summed E-state index contributed by atoms with van der Waals surface area (Å²) >= 11 is 0. The van der Waals surface area contributed by atoms with E-state index in [1.807, 2.05) is 30.3 Å². The van der Waals surface area contributed by atoms with E-state index in [9.17, 15) is 14.7 Å². The van der Waals surface area contributed by atoms with E-state index < -0.39 is 17.9 Å². The van der Waals surface area contributed by atoms with Gasteiger partial charge in [0.25, 0.3) is 5.91 Å². The number of nitrogens with one attached hydrogen (secondary N) is 1. The van der Waals surface area contributed by atoms with Crippen LogP contribution in [0, 0.1) is 0 Å². The van der Waals surface area contributed by atoms with Gasteiger partial charge in [0.1, 0.15) is 11.8 Å². The average molecular weight is 313 g/mol. The summed E-state index contributed by atoms with van der Waals surface area (Å²) in [5, 5.41) is 12.1. The molecule has 0 fully saturated rings. The summed E-state index contributed by atoms with van der Waals surface area (Å²) in [6.07, 6.45) is 1.07. The number of carbonyl (C=O) groups is 2. The summed E-state index contributed by atoms with van der Waals surface area (Å²) in [6.45, 7) is 0. The molecule has 1 atom stereocenters. The van der Waals surface area contributed by atoms with Gasteiger partial charge in [0.2, 0.25) is 0 Å². The van der Waals surface area contributed by atoms with E-state index in [0.717, 1.165) is 5.56 Å². The smallest absolute Gasteiger partial charge is 0.328 e. The van der Waals surface area contributed by atoms with Gasteiger partial charge >= 0.3 is 5.97 Å². The molecule has 120 valence electrons. The molecule has 0 aliphatic carbocycles. The van der Waals surface area contributed by atoms with E-state index in [4.69, 9.17) is 4.74 Å². The van der Waals surface area contributed by atoms with Gasteiger partial charge < -0.3 is 15.2 Å². The number of hydrogen-bond acceptors (Lipinski definition) is 4. The van der Waals surface area contributed by atoms with E-state index in [0.29, 0.717) is 18.4 Å². The fraction of sp³-hybridized carbons (Fsp3) is 0.222. The second-order valence-electron chi connectivity index (χ2n) is 5.12. The molecule has 0 unspecified atom stereocenters. The molecule has 23 heavy (non-hydrogen) atoms.